The van der Waals surface area contributed by atoms with Crippen LogP contribution in [0.15, 0.2) is 151 Å². The number of hydrogen-bond acceptors (Lipinski definition) is 7. The zero-order chi connectivity index (χ0) is 36.4. The number of hydrogen-bond donors (Lipinski definition) is 1. The molecule has 0 fully saturated rings. The summed E-state index contributed by atoms with van der Waals surface area (Å²) in [6, 6.07) is 42.0. The van der Waals surface area contributed by atoms with Gasteiger partial charge >= 0.3 is 0 Å². The van der Waals surface area contributed by atoms with E-state index in [0.29, 0.717) is 22.6 Å². The van der Waals surface area contributed by atoms with Gasteiger partial charge in [-0.05, 0) is 66.7 Å². The first-order valence-corrected chi connectivity index (χ1v) is 18.9. The lowest BCUT2D eigenvalue weighted by atomic mass is 10.0. The molecule has 0 aliphatic carbocycles. The molecule has 12 heteroatoms. The minimum atomic E-state index is -0.429. The van der Waals surface area contributed by atoms with Crippen LogP contribution < -0.4 is 5.73 Å². The molecule has 0 aliphatic rings. The number of nitrogen functional groups attached to an aromatic ring is 1. The van der Waals surface area contributed by atoms with Gasteiger partial charge in [0.05, 0.1) is 44.4 Å². The molecule has 0 saturated heterocycles. The molecule has 6 aromatic carbocycles. The predicted molar refractivity (Wildman–Crippen MR) is 223 cm³/mol. The molecule has 8 rings (SSSR count). The summed E-state index contributed by atoms with van der Waals surface area (Å²) in [5, 5.41) is 11.4. The van der Waals surface area contributed by atoms with Gasteiger partial charge in [0.15, 0.2) is 5.52 Å². The third kappa shape index (κ3) is 7.65. The molecule has 0 amide bonds. The predicted octanol–water partition coefficient (Wildman–Crippen LogP) is 12.5. The van der Waals surface area contributed by atoms with Crippen molar-refractivity contribution in [1.82, 2.24) is 19.9 Å². The summed E-state index contributed by atoms with van der Waals surface area (Å²) in [6.07, 6.45) is 0. The summed E-state index contributed by atoms with van der Waals surface area (Å²) in [6.45, 7) is 0. The molecule has 0 unspecified atom stereocenters. The average molecular weight is 940 g/mol. The Balaban J connectivity index is 0.000000162. The van der Waals surface area contributed by atoms with E-state index < -0.39 is 4.92 Å². The quantitative estimate of drug-likeness (QED) is 0.104. The Hall–Kier alpha value is -4.88. The monoisotopic (exact) mass is 936 g/mol. The first kappa shape index (κ1) is 35.5. The lowest BCUT2D eigenvalue weighted by Gasteiger charge is -2.12. The number of aromatic nitrogens is 4. The second-order valence-electron chi connectivity index (χ2n) is 11.5. The Morgan fingerprint density at radius 3 is 1.15 bits per heavy atom. The van der Waals surface area contributed by atoms with Crippen molar-refractivity contribution in [3.05, 3.63) is 161 Å². The van der Waals surface area contributed by atoms with Gasteiger partial charge in [-0.15, -0.1) is 0 Å². The largest absolute Gasteiger partial charge is 0.397 e. The normalized spacial score (nSPS) is 10.9. The van der Waals surface area contributed by atoms with E-state index in [4.69, 9.17) is 20.7 Å². The smallest absolute Gasteiger partial charge is 0.297 e. The maximum Gasteiger partial charge on any atom is 0.297 e. The summed E-state index contributed by atoms with van der Waals surface area (Å²) in [5.41, 5.74) is 15.7. The van der Waals surface area contributed by atoms with E-state index in [1.165, 1.54) is 6.07 Å². The van der Waals surface area contributed by atoms with Crippen LogP contribution in [-0.4, -0.2) is 24.9 Å². The topological polar surface area (TPSA) is 121 Å². The molecule has 2 heterocycles. The number of nitro benzene ring substituents is 1. The number of para-hydroxylation sites is 2. The van der Waals surface area contributed by atoms with Crippen LogP contribution in [-0.2, 0) is 0 Å². The Labute approximate surface area is 331 Å². The van der Waals surface area contributed by atoms with Crippen molar-refractivity contribution in [1.29, 1.82) is 0 Å². The molecule has 0 saturated carbocycles. The SMILES string of the molecule is Nc1cccc2nc(-c3ccc(Br)cc3)c(-c3ccc(Br)cc3)nc12.O=[N+]([O-])c1cccc2nc(-c3ccc(Br)cc3)c(-c3ccc(Br)cc3)nc12. The van der Waals surface area contributed by atoms with E-state index in [9.17, 15) is 10.1 Å². The second-order valence-corrected chi connectivity index (χ2v) is 15.1. The molecule has 0 spiro atoms. The Kier molecular flexibility index (Phi) is 10.5. The molecular formula is C40H24Br4N6O2. The highest BCUT2D eigenvalue weighted by molar-refractivity contribution is 9.11. The lowest BCUT2D eigenvalue weighted by molar-refractivity contribution is -0.383. The first-order chi connectivity index (χ1) is 25.1. The van der Waals surface area contributed by atoms with Crippen molar-refractivity contribution in [3.63, 3.8) is 0 Å². The fourth-order valence-electron chi connectivity index (χ4n) is 5.54. The van der Waals surface area contributed by atoms with Crippen LogP contribution in [0.25, 0.3) is 67.1 Å². The van der Waals surface area contributed by atoms with Crippen molar-refractivity contribution in [2.24, 2.45) is 0 Å². The van der Waals surface area contributed by atoms with Gasteiger partial charge in [0, 0.05) is 46.2 Å². The van der Waals surface area contributed by atoms with E-state index in [1.54, 1.807) is 12.1 Å². The summed E-state index contributed by atoms with van der Waals surface area (Å²) in [7, 11) is 0. The van der Waals surface area contributed by atoms with E-state index >= 15 is 0 Å². The molecule has 2 N–H and O–H groups in total. The number of rotatable bonds is 5. The van der Waals surface area contributed by atoms with Crippen LogP contribution in [0.3, 0.4) is 0 Å². The minimum Gasteiger partial charge on any atom is -0.397 e. The molecule has 0 radical (unpaired) electrons. The van der Waals surface area contributed by atoms with Crippen LogP contribution in [0.2, 0.25) is 0 Å². The highest BCUT2D eigenvalue weighted by Gasteiger charge is 2.19. The summed E-state index contributed by atoms with van der Waals surface area (Å²) >= 11 is 13.8. The molecule has 52 heavy (non-hydrogen) atoms. The highest BCUT2D eigenvalue weighted by atomic mass is 79.9. The number of halogens is 4. The lowest BCUT2D eigenvalue weighted by Crippen LogP contribution is -1.98. The van der Waals surface area contributed by atoms with Crippen molar-refractivity contribution < 1.29 is 4.92 Å². The summed E-state index contributed by atoms with van der Waals surface area (Å²) in [4.78, 5) is 30.1. The number of nitrogens with zero attached hydrogens (tertiary/aromatic N) is 5. The van der Waals surface area contributed by atoms with Crippen LogP contribution in [0.5, 0.6) is 0 Å². The number of non-ortho nitro benzene ring substituents is 1. The maximum atomic E-state index is 11.4. The second kappa shape index (κ2) is 15.4. The number of nitro groups is 1. The zero-order valence-corrected chi connectivity index (χ0v) is 33.2. The Morgan fingerprint density at radius 2 is 0.769 bits per heavy atom. The van der Waals surface area contributed by atoms with Crippen LogP contribution >= 0.6 is 63.7 Å². The van der Waals surface area contributed by atoms with E-state index in [0.717, 1.165) is 62.6 Å². The van der Waals surface area contributed by atoms with Crippen LogP contribution in [0, 0.1) is 10.1 Å². The van der Waals surface area contributed by atoms with Crippen molar-refractivity contribution in [3.8, 4) is 45.0 Å². The third-order valence-electron chi connectivity index (χ3n) is 8.07. The zero-order valence-electron chi connectivity index (χ0n) is 26.8. The van der Waals surface area contributed by atoms with Crippen LogP contribution in [0.1, 0.15) is 0 Å². The van der Waals surface area contributed by atoms with Gasteiger partial charge in [-0.2, -0.15) is 0 Å². The third-order valence-corrected chi connectivity index (χ3v) is 10.2. The highest BCUT2D eigenvalue weighted by Crippen LogP contribution is 2.36. The van der Waals surface area contributed by atoms with E-state index in [-0.39, 0.29) is 11.2 Å². The van der Waals surface area contributed by atoms with Gasteiger partial charge in [-0.1, -0.05) is 124 Å². The number of benzene rings is 6. The van der Waals surface area contributed by atoms with E-state index in [1.807, 2.05) is 115 Å². The van der Waals surface area contributed by atoms with Crippen molar-refractivity contribution in [2.75, 3.05) is 5.73 Å². The minimum absolute atomic E-state index is 0.0549. The molecule has 0 atom stereocenters. The van der Waals surface area contributed by atoms with Gasteiger partial charge in [-0.3, -0.25) is 10.1 Å². The summed E-state index contributed by atoms with van der Waals surface area (Å²) < 4.78 is 3.95. The number of nitrogens with two attached hydrogens (primary N) is 1. The number of anilines is 1. The van der Waals surface area contributed by atoms with Gasteiger partial charge in [0.2, 0.25) is 0 Å². The van der Waals surface area contributed by atoms with Crippen molar-refractivity contribution in [2.45, 2.75) is 0 Å². The van der Waals surface area contributed by atoms with Crippen LogP contribution in [0.4, 0.5) is 11.4 Å². The Morgan fingerprint density at radius 1 is 0.442 bits per heavy atom. The van der Waals surface area contributed by atoms with Gasteiger partial charge < -0.3 is 5.73 Å². The molecule has 0 bridgehead atoms. The molecule has 0 aliphatic heterocycles. The fourth-order valence-corrected chi connectivity index (χ4v) is 6.60. The van der Waals surface area contributed by atoms with Gasteiger partial charge in [0.25, 0.3) is 5.69 Å². The standard InChI is InChI=1S/C20H11Br2N3O2.C20H13Br2N3/c21-14-8-4-12(5-9-14)18-19(13-6-10-15(22)11-7-13)24-20-16(23-18)2-1-3-17(20)25(26)27;21-14-8-4-12(5-9-14)18-19(13-6-10-15(22)11-7-13)25-20-16(23)2-1-3-17(20)24-18/h1-11H;1-11H,23H2. The Bertz CT molecular complexity index is 2590. The fraction of sp³-hybridized carbons (Fsp3) is 0. The molecule has 8 aromatic rings. The van der Waals surface area contributed by atoms with E-state index in [2.05, 4.69) is 68.7 Å². The first-order valence-electron chi connectivity index (χ1n) is 15.7. The van der Waals surface area contributed by atoms with Gasteiger partial charge in [-0.25, -0.2) is 19.9 Å². The molecule has 2 aromatic heterocycles. The molecule has 8 nitrogen and oxygen atoms in total. The van der Waals surface area contributed by atoms with Crippen molar-refractivity contribution >= 4 is 97.2 Å². The molecule has 254 valence electrons. The number of fused-ring (bicyclic) bond motifs is 2. The molecular weight excluding hydrogens is 916 g/mol. The van der Waals surface area contributed by atoms with Gasteiger partial charge in [0.1, 0.15) is 5.52 Å². The maximum absolute atomic E-state index is 11.4. The summed E-state index contributed by atoms with van der Waals surface area (Å²) in [5.74, 6) is 0. The average Bonchev–Trinajstić information content (AvgIpc) is 3.15.